The third-order valence-electron chi connectivity index (χ3n) is 2.78. The van der Waals surface area contributed by atoms with Crippen molar-refractivity contribution < 1.29 is 14.3 Å². The lowest BCUT2D eigenvalue weighted by molar-refractivity contribution is 0.0688. The Morgan fingerprint density at radius 3 is 2.70 bits per heavy atom. The summed E-state index contributed by atoms with van der Waals surface area (Å²) in [5.74, 6) is -1.52. The highest BCUT2D eigenvalue weighted by molar-refractivity contribution is 9.10. The lowest BCUT2D eigenvalue weighted by Gasteiger charge is -2.10. The van der Waals surface area contributed by atoms with Gasteiger partial charge in [0.2, 0.25) is 0 Å². The van der Waals surface area contributed by atoms with Gasteiger partial charge in [-0.1, -0.05) is 35.0 Å². The van der Waals surface area contributed by atoms with E-state index in [2.05, 4.69) is 26.2 Å². The van der Waals surface area contributed by atoms with Gasteiger partial charge in [-0.15, -0.1) is 5.10 Å². The van der Waals surface area contributed by atoms with Crippen LogP contribution in [0.4, 0.5) is 4.39 Å². The van der Waals surface area contributed by atoms with Crippen LogP contribution >= 0.6 is 15.9 Å². The van der Waals surface area contributed by atoms with E-state index >= 15 is 0 Å². The zero-order chi connectivity index (χ0) is 14.9. The minimum absolute atomic E-state index is 0.0481. The third kappa shape index (κ3) is 3.04. The van der Waals surface area contributed by atoms with Crippen LogP contribution in [0, 0.1) is 5.82 Å². The number of halogens is 2. The van der Waals surface area contributed by atoms with Crippen molar-refractivity contribution in [3.8, 4) is 0 Å². The molecule has 1 aromatic heterocycles. The van der Waals surface area contributed by atoms with Gasteiger partial charge in [0.05, 0.1) is 12.2 Å². The number of hydrogen-bond donors (Lipinski definition) is 1. The highest BCUT2D eigenvalue weighted by Gasteiger charge is 2.21. The number of hydrogen-bond acceptors (Lipinski definition) is 3. The van der Waals surface area contributed by atoms with Crippen molar-refractivity contribution in [1.82, 2.24) is 15.0 Å². The van der Waals surface area contributed by atoms with Crippen LogP contribution < -0.4 is 0 Å². The summed E-state index contributed by atoms with van der Waals surface area (Å²) in [7, 11) is 0. The number of rotatable bonds is 4. The molecule has 1 aromatic carbocycles. The second-order valence-electron chi connectivity index (χ2n) is 4.72. The maximum Gasteiger partial charge on any atom is 0.358 e. The smallest absolute Gasteiger partial charge is 0.358 e. The van der Waals surface area contributed by atoms with Gasteiger partial charge >= 0.3 is 5.97 Å². The van der Waals surface area contributed by atoms with Crippen LogP contribution in [0.15, 0.2) is 22.7 Å². The molecule has 0 aliphatic heterocycles. The van der Waals surface area contributed by atoms with Crippen LogP contribution in [-0.4, -0.2) is 26.1 Å². The first-order valence-electron chi connectivity index (χ1n) is 6.00. The molecule has 0 amide bonds. The quantitative estimate of drug-likeness (QED) is 0.927. The van der Waals surface area contributed by atoms with E-state index in [0.29, 0.717) is 15.7 Å². The average Bonchev–Trinajstić information content (AvgIpc) is 2.71. The Kier molecular flexibility index (Phi) is 4.17. The lowest BCUT2D eigenvalue weighted by Crippen LogP contribution is -2.11. The van der Waals surface area contributed by atoms with E-state index in [0.717, 1.165) is 0 Å². The number of benzene rings is 1. The minimum atomic E-state index is -1.11. The Morgan fingerprint density at radius 2 is 2.15 bits per heavy atom. The van der Waals surface area contributed by atoms with Crippen LogP contribution in [0.25, 0.3) is 0 Å². The Balaban J connectivity index is 2.41. The molecule has 0 unspecified atom stereocenters. The topological polar surface area (TPSA) is 68.0 Å². The first-order valence-corrected chi connectivity index (χ1v) is 6.79. The number of carbonyl (C=O) groups is 1. The standard InChI is InChI=1S/C13H13BrFN3O2/c1-7(2)12-11(13(19)20)16-17-18(12)6-8-3-9(14)5-10(15)4-8/h3-5,7H,6H2,1-2H3,(H,19,20). The Morgan fingerprint density at radius 1 is 1.45 bits per heavy atom. The van der Waals surface area contributed by atoms with Crippen molar-refractivity contribution in [2.24, 2.45) is 0 Å². The second kappa shape index (κ2) is 5.70. The Bertz CT molecular complexity index is 635. The first-order chi connectivity index (χ1) is 9.38. The third-order valence-corrected chi connectivity index (χ3v) is 3.24. The first kappa shape index (κ1) is 14.6. The Hall–Kier alpha value is -1.76. The predicted octanol–water partition coefficient (Wildman–Crippen LogP) is 3.05. The molecule has 0 saturated carbocycles. The molecule has 106 valence electrons. The van der Waals surface area contributed by atoms with Crippen LogP contribution in [-0.2, 0) is 6.54 Å². The van der Waals surface area contributed by atoms with Crippen molar-refractivity contribution >= 4 is 21.9 Å². The van der Waals surface area contributed by atoms with E-state index in [1.807, 2.05) is 13.8 Å². The van der Waals surface area contributed by atoms with Crippen LogP contribution in [0.1, 0.15) is 41.5 Å². The molecular weight excluding hydrogens is 329 g/mol. The zero-order valence-electron chi connectivity index (χ0n) is 11.0. The van der Waals surface area contributed by atoms with Gasteiger partial charge < -0.3 is 5.11 Å². The van der Waals surface area contributed by atoms with Crippen molar-refractivity contribution in [3.05, 3.63) is 45.4 Å². The molecule has 0 fully saturated rings. The molecular formula is C13H13BrFN3O2. The van der Waals surface area contributed by atoms with Gasteiger partial charge in [-0.25, -0.2) is 13.9 Å². The number of carboxylic acids is 1. The summed E-state index contributed by atoms with van der Waals surface area (Å²) in [6.45, 7) is 4.00. The van der Waals surface area contributed by atoms with Gasteiger partial charge in [-0.2, -0.15) is 0 Å². The van der Waals surface area contributed by atoms with Gasteiger partial charge in [0.15, 0.2) is 5.69 Å². The molecule has 20 heavy (non-hydrogen) atoms. The monoisotopic (exact) mass is 341 g/mol. The van der Waals surface area contributed by atoms with Gasteiger partial charge in [-0.05, 0) is 29.7 Å². The minimum Gasteiger partial charge on any atom is -0.476 e. The summed E-state index contributed by atoms with van der Waals surface area (Å²) >= 11 is 3.22. The van der Waals surface area contributed by atoms with E-state index in [4.69, 9.17) is 5.11 Å². The van der Waals surface area contributed by atoms with Gasteiger partial charge in [0.25, 0.3) is 0 Å². The molecule has 7 heteroatoms. The maximum atomic E-state index is 13.4. The Labute approximate surface area is 123 Å². The van der Waals surface area contributed by atoms with E-state index in [-0.39, 0.29) is 24.0 Å². The van der Waals surface area contributed by atoms with E-state index < -0.39 is 5.97 Å². The molecule has 0 spiro atoms. The summed E-state index contributed by atoms with van der Waals surface area (Å²) in [5, 5.41) is 16.6. The number of nitrogens with zero attached hydrogens (tertiary/aromatic N) is 3. The normalized spacial score (nSPS) is 11.1. The maximum absolute atomic E-state index is 13.4. The number of aromatic nitrogens is 3. The SMILES string of the molecule is CC(C)c1c(C(=O)O)nnn1Cc1cc(F)cc(Br)c1. The van der Waals surface area contributed by atoms with Gasteiger partial charge in [0, 0.05) is 4.47 Å². The van der Waals surface area contributed by atoms with Crippen LogP contribution in [0.2, 0.25) is 0 Å². The largest absolute Gasteiger partial charge is 0.476 e. The molecule has 0 radical (unpaired) electrons. The van der Waals surface area contributed by atoms with E-state index in [1.165, 1.54) is 16.8 Å². The van der Waals surface area contributed by atoms with Crippen LogP contribution in [0.3, 0.4) is 0 Å². The molecule has 1 N–H and O–H groups in total. The summed E-state index contributed by atoms with van der Waals surface area (Å²) in [4.78, 5) is 11.1. The highest BCUT2D eigenvalue weighted by atomic mass is 79.9. The van der Waals surface area contributed by atoms with Gasteiger partial charge in [0.1, 0.15) is 5.82 Å². The van der Waals surface area contributed by atoms with E-state index in [9.17, 15) is 9.18 Å². The molecule has 2 rings (SSSR count). The lowest BCUT2D eigenvalue weighted by atomic mass is 10.1. The van der Waals surface area contributed by atoms with Crippen molar-refractivity contribution in [2.75, 3.05) is 0 Å². The van der Waals surface area contributed by atoms with E-state index in [1.54, 1.807) is 6.07 Å². The highest BCUT2D eigenvalue weighted by Crippen LogP contribution is 2.20. The fourth-order valence-corrected chi connectivity index (χ4v) is 2.55. The summed E-state index contributed by atoms with van der Waals surface area (Å²) in [6, 6.07) is 4.50. The number of aromatic carboxylic acids is 1. The summed E-state index contributed by atoms with van der Waals surface area (Å²) in [5.41, 5.74) is 1.15. The molecule has 0 atom stereocenters. The van der Waals surface area contributed by atoms with Crippen molar-refractivity contribution in [1.29, 1.82) is 0 Å². The average molecular weight is 342 g/mol. The number of carboxylic acid groups (broad SMARTS) is 1. The van der Waals surface area contributed by atoms with Crippen LogP contribution in [0.5, 0.6) is 0 Å². The second-order valence-corrected chi connectivity index (χ2v) is 5.63. The zero-order valence-corrected chi connectivity index (χ0v) is 12.6. The fourth-order valence-electron chi connectivity index (χ4n) is 2.04. The predicted molar refractivity (Wildman–Crippen MR) is 74.3 cm³/mol. The van der Waals surface area contributed by atoms with Crippen molar-refractivity contribution in [2.45, 2.75) is 26.3 Å². The fraction of sp³-hybridized carbons (Fsp3) is 0.308. The molecule has 0 saturated heterocycles. The molecule has 1 heterocycles. The molecule has 0 bridgehead atoms. The molecule has 0 aliphatic carbocycles. The van der Waals surface area contributed by atoms with Gasteiger partial charge in [-0.3, -0.25) is 0 Å². The molecule has 2 aromatic rings. The summed E-state index contributed by atoms with van der Waals surface area (Å²) in [6.07, 6.45) is 0. The molecule has 0 aliphatic rings. The molecule has 5 nitrogen and oxygen atoms in total. The summed E-state index contributed by atoms with van der Waals surface area (Å²) < 4.78 is 15.5. The van der Waals surface area contributed by atoms with Crippen molar-refractivity contribution in [3.63, 3.8) is 0 Å².